The summed E-state index contributed by atoms with van der Waals surface area (Å²) in [5.74, 6) is -0.0268. The molecule has 0 aromatic carbocycles. The second-order valence-electron chi connectivity index (χ2n) is 5.31. The topological polar surface area (TPSA) is 54.0 Å². The molecule has 1 heterocycles. The summed E-state index contributed by atoms with van der Waals surface area (Å²) in [6.45, 7) is 6.97. The Morgan fingerprint density at radius 1 is 1.50 bits per heavy atom. The molecule has 18 heavy (non-hydrogen) atoms. The Morgan fingerprint density at radius 3 is 2.83 bits per heavy atom. The van der Waals surface area contributed by atoms with Gasteiger partial charge >= 0.3 is 0 Å². The summed E-state index contributed by atoms with van der Waals surface area (Å²) in [5.41, 5.74) is 2.44. The van der Waals surface area contributed by atoms with Crippen molar-refractivity contribution in [1.82, 2.24) is 10.3 Å². The van der Waals surface area contributed by atoms with Crippen LogP contribution in [-0.2, 0) is 0 Å². The molecule has 2 rings (SSSR count). The van der Waals surface area contributed by atoms with Crippen LogP contribution < -0.4 is 10.6 Å². The number of rotatable bonds is 5. The fourth-order valence-electron chi connectivity index (χ4n) is 1.80. The summed E-state index contributed by atoms with van der Waals surface area (Å²) in [6, 6.07) is 1.93. The second kappa shape index (κ2) is 4.96. The number of aromatic nitrogens is 1. The molecule has 1 aliphatic rings. The van der Waals surface area contributed by atoms with Crippen LogP contribution in [0.5, 0.6) is 0 Å². The van der Waals surface area contributed by atoms with Crippen LogP contribution in [0.4, 0.5) is 5.69 Å². The third kappa shape index (κ3) is 3.00. The number of aryl methyl sites for hydroxylation is 1. The van der Waals surface area contributed by atoms with Crippen LogP contribution in [0.3, 0.4) is 0 Å². The lowest BCUT2D eigenvalue weighted by atomic mass is 10.1. The van der Waals surface area contributed by atoms with Crippen molar-refractivity contribution in [3.8, 4) is 0 Å². The first-order valence-electron chi connectivity index (χ1n) is 6.57. The van der Waals surface area contributed by atoms with Crippen LogP contribution >= 0.6 is 0 Å². The zero-order chi connectivity index (χ0) is 13.2. The predicted octanol–water partition coefficient (Wildman–Crippen LogP) is 2.49. The number of hydrogen-bond donors (Lipinski definition) is 2. The van der Waals surface area contributed by atoms with Gasteiger partial charge < -0.3 is 10.6 Å². The van der Waals surface area contributed by atoms with Gasteiger partial charge in [-0.05, 0) is 39.2 Å². The van der Waals surface area contributed by atoms with Crippen LogP contribution in [-0.4, -0.2) is 23.0 Å². The number of nitrogens with zero attached hydrogens (tertiary/aromatic N) is 1. The predicted molar refractivity (Wildman–Crippen MR) is 72.9 cm³/mol. The molecule has 1 aliphatic carbocycles. The molecule has 1 aromatic heterocycles. The molecule has 1 aromatic rings. The molecule has 1 fully saturated rings. The maximum absolute atomic E-state index is 12.2. The van der Waals surface area contributed by atoms with E-state index in [1.807, 2.05) is 13.0 Å². The van der Waals surface area contributed by atoms with E-state index in [0.717, 1.165) is 37.2 Å². The molecule has 4 nitrogen and oxygen atoms in total. The third-order valence-corrected chi connectivity index (χ3v) is 3.27. The number of pyridine rings is 1. The van der Waals surface area contributed by atoms with Crippen molar-refractivity contribution in [2.45, 2.75) is 45.6 Å². The average molecular weight is 247 g/mol. The molecule has 1 amide bonds. The highest BCUT2D eigenvalue weighted by molar-refractivity contribution is 5.99. The van der Waals surface area contributed by atoms with E-state index < -0.39 is 0 Å². The van der Waals surface area contributed by atoms with Gasteiger partial charge in [-0.25, -0.2) is 0 Å². The Balaban J connectivity index is 2.16. The second-order valence-corrected chi connectivity index (χ2v) is 5.31. The summed E-state index contributed by atoms with van der Waals surface area (Å²) in [5, 5.41) is 6.35. The fourth-order valence-corrected chi connectivity index (χ4v) is 1.80. The molecule has 1 saturated carbocycles. The van der Waals surface area contributed by atoms with E-state index in [0.29, 0.717) is 5.56 Å². The summed E-state index contributed by atoms with van der Waals surface area (Å²) in [6.07, 6.45) is 4.82. The van der Waals surface area contributed by atoms with E-state index in [1.165, 1.54) is 0 Å². The van der Waals surface area contributed by atoms with Crippen molar-refractivity contribution < 1.29 is 4.79 Å². The molecule has 0 aliphatic heterocycles. The van der Waals surface area contributed by atoms with Gasteiger partial charge in [0.05, 0.1) is 11.3 Å². The van der Waals surface area contributed by atoms with Crippen molar-refractivity contribution >= 4 is 11.6 Å². The minimum atomic E-state index is -0.0268. The third-order valence-electron chi connectivity index (χ3n) is 3.27. The molecule has 0 radical (unpaired) electrons. The van der Waals surface area contributed by atoms with Crippen molar-refractivity contribution in [1.29, 1.82) is 0 Å². The van der Waals surface area contributed by atoms with Crippen LogP contribution in [0.1, 0.15) is 49.2 Å². The van der Waals surface area contributed by atoms with Gasteiger partial charge in [-0.1, -0.05) is 6.92 Å². The standard InChI is InChI=1S/C14H21N3O/c1-4-7-15-12-8-10(2)16-9-11(12)13(18)17-14(3)5-6-14/h8-9H,4-7H2,1-3H3,(H,15,16)(H,17,18). The highest BCUT2D eigenvalue weighted by Crippen LogP contribution is 2.34. The van der Waals surface area contributed by atoms with E-state index >= 15 is 0 Å². The largest absolute Gasteiger partial charge is 0.384 e. The summed E-state index contributed by atoms with van der Waals surface area (Å²) < 4.78 is 0. The number of hydrogen-bond acceptors (Lipinski definition) is 3. The van der Waals surface area contributed by atoms with Gasteiger partial charge in [-0.2, -0.15) is 0 Å². The van der Waals surface area contributed by atoms with E-state index in [1.54, 1.807) is 6.20 Å². The molecule has 4 heteroatoms. The van der Waals surface area contributed by atoms with Crippen molar-refractivity contribution in [2.24, 2.45) is 0 Å². The zero-order valence-corrected chi connectivity index (χ0v) is 11.3. The molecule has 0 unspecified atom stereocenters. The lowest BCUT2D eigenvalue weighted by Crippen LogP contribution is -2.34. The van der Waals surface area contributed by atoms with Crippen molar-refractivity contribution in [3.05, 3.63) is 23.5 Å². The van der Waals surface area contributed by atoms with Gasteiger partial charge in [0.1, 0.15) is 0 Å². The molecule has 0 bridgehead atoms. The Labute approximate surface area is 108 Å². The number of nitrogens with one attached hydrogen (secondary N) is 2. The fraction of sp³-hybridized carbons (Fsp3) is 0.571. The summed E-state index contributed by atoms with van der Waals surface area (Å²) >= 11 is 0. The minimum absolute atomic E-state index is 0.00396. The van der Waals surface area contributed by atoms with Gasteiger partial charge in [0.2, 0.25) is 0 Å². The maximum Gasteiger partial charge on any atom is 0.255 e. The number of anilines is 1. The quantitative estimate of drug-likeness (QED) is 0.840. The molecule has 2 N–H and O–H groups in total. The van der Waals surface area contributed by atoms with Crippen molar-refractivity contribution in [2.75, 3.05) is 11.9 Å². The van der Waals surface area contributed by atoms with Gasteiger partial charge in [0, 0.05) is 24.0 Å². The van der Waals surface area contributed by atoms with Gasteiger partial charge in [-0.3, -0.25) is 9.78 Å². The lowest BCUT2D eigenvalue weighted by Gasteiger charge is -2.15. The SMILES string of the molecule is CCCNc1cc(C)ncc1C(=O)NC1(C)CC1. The zero-order valence-electron chi connectivity index (χ0n) is 11.3. The van der Waals surface area contributed by atoms with Gasteiger partial charge in [0.15, 0.2) is 0 Å². The Bertz CT molecular complexity index is 452. The van der Waals surface area contributed by atoms with Crippen LogP contribution in [0.2, 0.25) is 0 Å². The normalized spacial score (nSPS) is 16.2. The smallest absolute Gasteiger partial charge is 0.255 e. The van der Waals surface area contributed by atoms with E-state index in [-0.39, 0.29) is 11.4 Å². The minimum Gasteiger partial charge on any atom is -0.384 e. The van der Waals surface area contributed by atoms with Crippen molar-refractivity contribution in [3.63, 3.8) is 0 Å². The van der Waals surface area contributed by atoms with E-state index in [2.05, 4.69) is 29.5 Å². The molecule has 0 saturated heterocycles. The maximum atomic E-state index is 12.2. The number of amides is 1. The molecular weight excluding hydrogens is 226 g/mol. The molecule has 98 valence electrons. The van der Waals surface area contributed by atoms with Gasteiger partial charge in [-0.15, -0.1) is 0 Å². The Kier molecular flexibility index (Phi) is 3.55. The first kappa shape index (κ1) is 12.9. The monoisotopic (exact) mass is 247 g/mol. The summed E-state index contributed by atoms with van der Waals surface area (Å²) in [4.78, 5) is 16.4. The highest BCUT2D eigenvalue weighted by atomic mass is 16.1. The number of carbonyl (C=O) groups excluding carboxylic acids is 1. The highest BCUT2D eigenvalue weighted by Gasteiger charge is 2.39. The molecule has 0 atom stereocenters. The van der Waals surface area contributed by atoms with Crippen LogP contribution in [0.25, 0.3) is 0 Å². The Hall–Kier alpha value is -1.58. The van der Waals surface area contributed by atoms with E-state index in [4.69, 9.17) is 0 Å². The van der Waals surface area contributed by atoms with Gasteiger partial charge in [0.25, 0.3) is 5.91 Å². The summed E-state index contributed by atoms with van der Waals surface area (Å²) in [7, 11) is 0. The average Bonchev–Trinajstić information content (AvgIpc) is 3.04. The number of carbonyl (C=O) groups is 1. The van der Waals surface area contributed by atoms with Crippen LogP contribution in [0, 0.1) is 6.92 Å². The first-order valence-corrected chi connectivity index (χ1v) is 6.57. The first-order chi connectivity index (χ1) is 8.54. The van der Waals surface area contributed by atoms with Crippen LogP contribution in [0.15, 0.2) is 12.3 Å². The van der Waals surface area contributed by atoms with E-state index in [9.17, 15) is 4.79 Å². The lowest BCUT2D eigenvalue weighted by molar-refractivity contribution is 0.0936. The molecular formula is C14H21N3O. The molecule has 0 spiro atoms. The Morgan fingerprint density at radius 2 is 2.22 bits per heavy atom.